The number of nitrogen functional groups attached to an aromatic ring is 1. The maximum atomic E-state index is 14.0. The SMILES string of the molecule is Cc1ccnc(NC(=O)c2ccc(-n3c(=O)n(-c4cccc(N(C)C(=O)C#CCN(C)C5CC5)c4)c4ncnc(N)c43)cc2)c1. The summed E-state index contributed by atoms with van der Waals surface area (Å²) in [5.74, 6) is 5.51. The Morgan fingerprint density at radius 3 is 2.51 bits per heavy atom. The number of imidazole rings is 1. The minimum atomic E-state index is -0.451. The number of pyridine rings is 1. The van der Waals surface area contributed by atoms with Crippen molar-refractivity contribution in [2.75, 3.05) is 36.6 Å². The summed E-state index contributed by atoms with van der Waals surface area (Å²) in [7, 11) is 3.64. The van der Waals surface area contributed by atoms with Gasteiger partial charge in [0.25, 0.3) is 5.91 Å². The van der Waals surface area contributed by atoms with Gasteiger partial charge in [-0.15, -0.1) is 0 Å². The van der Waals surface area contributed by atoms with E-state index in [0.29, 0.717) is 46.5 Å². The fourth-order valence-electron chi connectivity index (χ4n) is 5.00. The lowest BCUT2D eigenvalue weighted by Gasteiger charge is -2.15. The summed E-state index contributed by atoms with van der Waals surface area (Å²) in [6.07, 6.45) is 5.25. The van der Waals surface area contributed by atoms with E-state index < -0.39 is 5.69 Å². The number of benzene rings is 2. The first-order valence-corrected chi connectivity index (χ1v) is 14.4. The largest absolute Gasteiger partial charge is 0.382 e. The highest BCUT2D eigenvalue weighted by molar-refractivity contribution is 6.05. The Morgan fingerprint density at radius 2 is 1.78 bits per heavy atom. The number of nitrogens with one attached hydrogen (secondary N) is 1. The van der Waals surface area contributed by atoms with Gasteiger partial charge in [0.1, 0.15) is 17.7 Å². The Labute approximate surface area is 259 Å². The van der Waals surface area contributed by atoms with Gasteiger partial charge in [0.2, 0.25) is 0 Å². The van der Waals surface area contributed by atoms with Gasteiger partial charge in [-0.2, -0.15) is 0 Å². The zero-order valence-electron chi connectivity index (χ0n) is 25.1. The predicted octanol–water partition coefficient (Wildman–Crippen LogP) is 3.17. The van der Waals surface area contributed by atoms with Crippen LogP contribution < -0.4 is 21.6 Å². The van der Waals surface area contributed by atoms with Crippen LogP contribution in [0.15, 0.2) is 78.0 Å². The molecule has 1 fully saturated rings. The summed E-state index contributed by atoms with van der Waals surface area (Å²) in [6.45, 7) is 2.44. The highest BCUT2D eigenvalue weighted by Gasteiger charge is 2.25. The molecule has 3 heterocycles. The lowest BCUT2D eigenvalue weighted by atomic mass is 10.2. The molecule has 0 saturated heterocycles. The van der Waals surface area contributed by atoms with Gasteiger partial charge in [-0.25, -0.2) is 24.3 Å². The van der Waals surface area contributed by atoms with E-state index in [1.807, 2.05) is 20.0 Å². The van der Waals surface area contributed by atoms with Crippen LogP contribution in [0.1, 0.15) is 28.8 Å². The highest BCUT2D eigenvalue weighted by atomic mass is 16.2. The number of anilines is 3. The van der Waals surface area contributed by atoms with Crippen molar-refractivity contribution in [3.8, 4) is 23.2 Å². The average Bonchev–Trinajstić information content (AvgIpc) is 3.84. The summed E-state index contributed by atoms with van der Waals surface area (Å²) >= 11 is 0. The predicted molar refractivity (Wildman–Crippen MR) is 173 cm³/mol. The monoisotopic (exact) mass is 601 g/mol. The molecule has 12 nitrogen and oxygen atoms in total. The van der Waals surface area contributed by atoms with Crippen molar-refractivity contribution in [2.45, 2.75) is 25.8 Å². The van der Waals surface area contributed by atoms with Gasteiger partial charge in [-0.05, 0) is 92.9 Å². The minimum absolute atomic E-state index is 0.109. The van der Waals surface area contributed by atoms with Gasteiger partial charge in [-0.1, -0.05) is 12.0 Å². The molecule has 0 aliphatic heterocycles. The smallest absolute Gasteiger partial charge is 0.339 e. The molecule has 12 heteroatoms. The number of aromatic nitrogens is 5. The van der Waals surface area contributed by atoms with Crippen molar-refractivity contribution in [3.63, 3.8) is 0 Å². The topological polar surface area (TPSA) is 144 Å². The Morgan fingerprint density at radius 1 is 1.00 bits per heavy atom. The Kier molecular flexibility index (Phi) is 7.85. The van der Waals surface area contributed by atoms with E-state index in [2.05, 4.69) is 37.0 Å². The molecule has 1 aliphatic rings. The van der Waals surface area contributed by atoms with Gasteiger partial charge >= 0.3 is 11.6 Å². The summed E-state index contributed by atoms with van der Waals surface area (Å²) in [5, 5.41) is 2.78. The highest BCUT2D eigenvalue weighted by Crippen LogP contribution is 2.26. The van der Waals surface area contributed by atoms with E-state index in [1.54, 1.807) is 67.8 Å². The molecular weight excluding hydrogens is 570 g/mol. The first-order valence-electron chi connectivity index (χ1n) is 14.4. The second-order valence-electron chi connectivity index (χ2n) is 10.9. The molecule has 0 unspecified atom stereocenters. The number of carbonyl (C=O) groups is 2. The maximum Gasteiger partial charge on any atom is 0.339 e. The van der Waals surface area contributed by atoms with Crippen LogP contribution in [0.25, 0.3) is 22.5 Å². The average molecular weight is 602 g/mol. The van der Waals surface area contributed by atoms with E-state index >= 15 is 0 Å². The number of rotatable bonds is 7. The normalized spacial score (nSPS) is 12.5. The molecule has 45 heavy (non-hydrogen) atoms. The fraction of sp³-hybridized carbons (Fsp3) is 0.212. The lowest BCUT2D eigenvalue weighted by Crippen LogP contribution is -2.26. The number of hydrogen-bond acceptors (Lipinski definition) is 8. The number of nitrogens with zero attached hydrogens (tertiary/aromatic N) is 7. The Hall–Kier alpha value is -5.80. The number of fused-ring (bicyclic) bond motifs is 1. The zero-order chi connectivity index (χ0) is 31.7. The van der Waals surface area contributed by atoms with Crippen LogP contribution in [0.4, 0.5) is 17.3 Å². The second-order valence-corrected chi connectivity index (χ2v) is 10.9. The van der Waals surface area contributed by atoms with E-state index in [0.717, 1.165) is 5.56 Å². The summed E-state index contributed by atoms with van der Waals surface area (Å²) in [6, 6.07) is 17.7. The number of carbonyl (C=O) groups excluding carboxylic acids is 2. The third kappa shape index (κ3) is 6.02. The number of nitrogens with two attached hydrogens (primary N) is 1. The van der Waals surface area contributed by atoms with E-state index in [4.69, 9.17) is 5.73 Å². The molecule has 2 amide bonds. The standard InChI is InChI=1S/C33H31N9O3/c1-21-15-16-35-27(18-21)38-32(44)22-9-11-24(12-10-22)41-29-30(34)36-20-37-31(29)42(33(41)45)26-7-4-6-25(19-26)40(3)28(43)8-5-17-39(2)23-13-14-23/h4,6-7,9-12,15-16,18-20,23H,13-14,17H2,1-3H3,(H2,34,36,37)(H,35,38,44). The van der Waals surface area contributed by atoms with Crippen molar-refractivity contribution in [2.24, 2.45) is 0 Å². The third-order valence-electron chi connectivity index (χ3n) is 7.67. The molecule has 1 aliphatic carbocycles. The Balaban J connectivity index is 1.31. The summed E-state index contributed by atoms with van der Waals surface area (Å²) in [5.41, 5.74) is 9.25. The molecule has 1 saturated carbocycles. The van der Waals surface area contributed by atoms with E-state index in [1.165, 1.54) is 33.2 Å². The molecule has 226 valence electrons. The number of hydrogen-bond donors (Lipinski definition) is 2. The minimum Gasteiger partial charge on any atom is -0.382 e. The van der Waals surface area contributed by atoms with E-state index in [9.17, 15) is 14.4 Å². The maximum absolute atomic E-state index is 14.0. The molecule has 3 N–H and O–H groups in total. The van der Waals surface area contributed by atoms with Crippen molar-refractivity contribution >= 4 is 40.3 Å². The first kappa shape index (κ1) is 29.3. The van der Waals surface area contributed by atoms with Gasteiger partial charge in [-0.3, -0.25) is 19.1 Å². The van der Waals surface area contributed by atoms with Crippen LogP contribution in [0.5, 0.6) is 0 Å². The molecule has 2 aromatic carbocycles. The fourth-order valence-corrected chi connectivity index (χ4v) is 5.00. The second kappa shape index (κ2) is 12.1. The summed E-state index contributed by atoms with van der Waals surface area (Å²) in [4.78, 5) is 56.0. The molecule has 0 atom stereocenters. The zero-order valence-corrected chi connectivity index (χ0v) is 25.1. The molecular formula is C33H31N9O3. The van der Waals surface area contributed by atoms with Gasteiger partial charge in [0.05, 0.1) is 17.9 Å². The van der Waals surface area contributed by atoms with Crippen LogP contribution in [0.3, 0.4) is 0 Å². The van der Waals surface area contributed by atoms with Crippen LogP contribution in [0.2, 0.25) is 0 Å². The van der Waals surface area contributed by atoms with Crippen LogP contribution >= 0.6 is 0 Å². The molecule has 0 spiro atoms. The van der Waals surface area contributed by atoms with Crippen molar-refractivity contribution in [1.82, 2.24) is 29.0 Å². The van der Waals surface area contributed by atoms with Gasteiger partial charge in [0, 0.05) is 30.5 Å². The quantitative estimate of drug-likeness (QED) is 0.271. The van der Waals surface area contributed by atoms with Crippen molar-refractivity contribution in [1.29, 1.82) is 0 Å². The van der Waals surface area contributed by atoms with Crippen LogP contribution in [0, 0.1) is 18.8 Å². The van der Waals surface area contributed by atoms with Gasteiger partial charge in [0.15, 0.2) is 11.5 Å². The van der Waals surface area contributed by atoms with Crippen LogP contribution in [-0.2, 0) is 4.79 Å². The third-order valence-corrected chi connectivity index (χ3v) is 7.67. The van der Waals surface area contributed by atoms with Crippen LogP contribution in [-0.4, -0.2) is 67.5 Å². The van der Waals surface area contributed by atoms with Gasteiger partial charge < -0.3 is 16.0 Å². The summed E-state index contributed by atoms with van der Waals surface area (Å²) < 4.78 is 2.81. The molecule has 3 aromatic heterocycles. The Bertz CT molecular complexity index is 2050. The number of amides is 2. The van der Waals surface area contributed by atoms with E-state index in [-0.39, 0.29) is 23.3 Å². The molecule has 5 aromatic rings. The molecule has 0 radical (unpaired) electrons. The molecule has 6 rings (SSSR count). The lowest BCUT2D eigenvalue weighted by molar-refractivity contribution is -0.113. The molecule has 0 bridgehead atoms. The van der Waals surface area contributed by atoms with Crippen molar-refractivity contribution < 1.29 is 9.59 Å². The number of aryl methyl sites for hydroxylation is 1. The first-order chi connectivity index (χ1) is 21.7. The van der Waals surface area contributed by atoms with Crippen molar-refractivity contribution in [3.05, 3.63) is 94.8 Å².